The van der Waals surface area contributed by atoms with Crippen LogP contribution in [0.15, 0.2) is 24.4 Å². The van der Waals surface area contributed by atoms with E-state index in [1.165, 1.54) is 6.42 Å². The topological polar surface area (TPSA) is 81.5 Å². The number of hydrogen-bond acceptors (Lipinski definition) is 6. The Kier molecular flexibility index (Phi) is 5.80. The minimum Gasteiger partial charge on any atom is -0.454 e. The molecule has 1 amide bonds. The number of carbonyl (C=O) groups excluding carboxylic acids is 1. The normalized spacial score (nSPS) is 26.2. The second-order valence-corrected chi connectivity index (χ2v) is 8.98. The zero-order valence-electron chi connectivity index (χ0n) is 18.1. The summed E-state index contributed by atoms with van der Waals surface area (Å²) >= 11 is 0. The number of aromatic nitrogens is 3. The lowest BCUT2D eigenvalue weighted by atomic mass is 9.75. The lowest BCUT2D eigenvalue weighted by molar-refractivity contribution is -0.133. The molecule has 0 aliphatic carbocycles. The van der Waals surface area contributed by atoms with Crippen LogP contribution in [-0.4, -0.2) is 51.7 Å². The van der Waals surface area contributed by atoms with Gasteiger partial charge in [0.05, 0.1) is 18.2 Å². The molecule has 1 aromatic heterocycles. The molecule has 166 valence electrons. The van der Waals surface area contributed by atoms with Crippen molar-refractivity contribution in [2.24, 2.45) is 11.8 Å². The van der Waals surface area contributed by atoms with Crippen LogP contribution in [-0.2, 0) is 24.3 Å². The number of rotatable bonds is 8. The molecule has 8 nitrogen and oxygen atoms in total. The molecule has 1 aromatic carbocycles. The maximum absolute atomic E-state index is 12.9. The van der Waals surface area contributed by atoms with Crippen molar-refractivity contribution < 1.29 is 14.3 Å². The number of hydrogen-bond donors (Lipinski definition) is 1. The number of unbranched alkanes of at least 4 members (excludes halogenated alkanes) is 1. The van der Waals surface area contributed by atoms with Gasteiger partial charge in [-0.3, -0.25) is 14.4 Å². The summed E-state index contributed by atoms with van der Waals surface area (Å²) in [6.07, 6.45) is 7.56. The molecular weight excluding hydrogens is 394 g/mol. The number of nitrogens with zero attached hydrogens (tertiary/aromatic N) is 4. The number of ether oxygens (including phenoxy) is 2. The third-order valence-corrected chi connectivity index (χ3v) is 6.89. The third kappa shape index (κ3) is 4.39. The Bertz CT molecular complexity index is 930. The summed E-state index contributed by atoms with van der Waals surface area (Å²) in [6, 6.07) is 6.27. The minimum absolute atomic E-state index is 0.0647. The highest BCUT2D eigenvalue weighted by Gasteiger charge is 2.43. The van der Waals surface area contributed by atoms with Crippen molar-refractivity contribution in [1.29, 1.82) is 0 Å². The molecule has 31 heavy (non-hydrogen) atoms. The van der Waals surface area contributed by atoms with Gasteiger partial charge in [0.2, 0.25) is 12.7 Å². The zero-order chi connectivity index (χ0) is 21.2. The maximum atomic E-state index is 12.9. The Labute approximate surface area is 182 Å². The van der Waals surface area contributed by atoms with E-state index in [-0.39, 0.29) is 18.6 Å². The number of nitrogens with one attached hydrogen (secondary N) is 1. The molecule has 6 rings (SSSR count). The van der Waals surface area contributed by atoms with E-state index in [9.17, 15) is 4.79 Å². The van der Waals surface area contributed by atoms with E-state index in [2.05, 4.69) is 33.6 Å². The molecule has 4 aliphatic rings. The molecule has 3 fully saturated rings. The Hall–Kier alpha value is -2.61. The summed E-state index contributed by atoms with van der Waals surface area (Å²) in [5, 5.41) is 11.8. The van der Waals surface area contributed by atoms with Crippen molar-refractivity contribution in [2.75, 3.05) is 19.9 Å². The molecular formula is C23H31N5O3. The predicted octanol–water partition coefficient (Wildman–Crippen LogP) is 2.38. The molecule has 2 aromatic rings. The van der Waals surface area contributed by atoms with Gasteiger partial charge in [-0.25, -0.2) is 0 Å². The lowest BCUT2D eigenvalue weighted by Crippen LogP contribution is -2.58. The number of carbonyl (C=O) groups is 1. The van der Waals surface area contributed by atoms with Gasteiger partial charge in [-0.15, -0.1) is 5.10 Å². The van der Waals surface area contributed by atoms with Crippen LogP contribution < -0.4 is 14.8 Å². The first kappa shape index (κ1) is 20.3. The lowest BCUT2D eigenvalue weighted by Gasteiger charge is -2.49. The molecule has 2 unspecified atom stereocenters. The predicted molar refractivity (Wildman–Crippen MR) is 115 cm³/mol. The zero-order valence-corrected chi connectivity index (χ0v) is 18.1. The van der Waals surface area contributed by atoms with Crippen molar-refractivity contribution in [1.82, 2.24) is 25.2 Å². The maximum Gasteiger partial charge on any atom is 0.231 e. The van der Waals surface area contributed by atoms with Crippen LogP contribution in [0.3, 0.4) is 0 Å². The summed E-state index contributed by atoms with van der Waals surface area (Å²) in [5.41, 5.74) is 2.11. The largest absolute Gasteiger partial charge is 0.454 e. The van der Waals surface area contributed by atoms with Gasteiger partial charge in [0.25, 0.3) is 0 Å². The van der Waals surface area contributed by atoms with Crippen molar-refractivity contribution in [2.45, 2.75) is 58.2 Å². The van der Waals surface area contributed by atoms with Gasteiger partial charge in [0.15, 0.2) is 11.5 Å². The van der Waals surface area contributed by atoms with Gasteiger partial charge >= 0.3 is 0 Å². The molecule has 4 atom stereocenters. The van der Waals surface area contributed by atoms with Crippen molar-refractivity contribution in [3.63, 3.8) is 0 Å². The third-order valence-electron chi connectivity index (χ3n) is 6.89. The molecule has 3 saturated heterocycles. The van der Waals surface area contributed by atoms with Crippen molar-refractivity contribution >= 4 is 5.91 Å². The Morgan fingerprint density at radius 1 is 1.29 bits per heavy atom. The minimum atomic E-state index is 0.0647. The highest BCUT2D eigenvalue weighted by Crippen LogP contribution is 2.37. The second kappa shape index (κ2) is 8.86. The van der Waals surface area contributed by atoms with Gasteiger partial charge in [-0.05, 0) is 55.8 Å². The van der Waals surface area contributed by atoms with Crippen molar-refractivity contribution in [3.8, 4) is 11.5 Å². The standard InChI is InChI=1S/C23H31N5O3/c1-2-3-4-18-12-28(26-25-18)13-19-10-17-7-8-27(19)14-20(17)23(29)24-11-16-5-6-21-22(9-16)31-15-30-21/h5-6,9,12,17,19-20H,2-4,7-8,10-11,13-15H2,1H3,(H,24,29)/t17?,19-,20+/m1/s1. The van der Waals surface area contributed by atoms with Crippen LogP contribution in [0.1, 0.15) is 43.9 Å². The van der Waals surface area contributed by atoms with E-state index in [1.54, 1.807) is 0 Å². The van der Waals surface area contributed by atoms with E-state index in [1.807, 2.05) is 22.9 Å². The van der Waals surface area contributed by atoms with E-state index in [0.29, 0.717) is 18.5 Å². The fourth-order valence-corrected chi connectivity index (χ4v) is 5.11. The van der Waals surface area contributed by atoms with Gasteiger partial charge in [-0.1, -0.05) is 24.6 Å². The van der Waals surface area contributed by atoms with Crippen LogP contribution in [0.25, 0.3) is 0 Å². The van der Waals surface area contributed by atoms with E-state index in [0.717, 1.165) is 68.1 Å². The molecule has 4 aliphatic heterocycles. The molecule has 2 bridgehead atoms. The first-order valence-electron chi connectivity index (χ1n) is 11.5. The molecule has 0 saturated carbocycles. The van der Waals surface area contributed by atoms with Gasteiger partial charge in [0.1, 0.15) is 0 Å². The van der Waals surface area contributed by atoms with E-state index >= 15 is 0 Å². The first-order valence-corrected chi connectivity index (χ1v) is 11.5. The van der Waals surface area contributed by atoms with Gasteiger partial charge in [-0.2, -0.15) is 0 Å². The van der Waals surface area contributed by atoms with Gasteiger partial charge < -0.3 is 14.8 Å². The van der Waals surface area contributed by atoms with E-state index < -0.39 is 0 Å². The van der Waals surface area contributed by atoms with Crippen LogP contribution in [0.5, 0.6) is 11.5 Å². The van der Waals surface area contributed by atoms with Crippen LogP contribution >= 0.6 is 0 Å². The summed E-state index contributed by atoms with van der Waals surface area (Å²) in [4.78, 5) is 15.4. The smallest absolute Gasteiger partial charge is 0.231 e. The summed E-state index contributed by atoms with van der Waals surface area (Å²) < 4.78 is 12.8. The van der Waals surface area contributed by atoms with Crippen LogP contribution in [0, 0.1) is 11.8 Å². The Morgan fingerprint density at radius 3 is 3.03 bits per heavy atom. The molecule has 5 heterocycles. The van der Waals surface area contributed by atoms with Crippen LogP contribution in [0.4, 0.5) is 0 Å². The SMILES string of the molecule is CCCCc1cn(C[C@H]2CC3CCN2C[C@@H]3C(=O)NCc2ccc3c(c2)OCO3)nn1. The highest BCUT2D eigenvalue weighted by atomic mass is 16.7. The van der Waals surface area contributed by atoms with Crippen LogP contribution in [0.2, 0.25) is 0 Å². The first-order chi connectivity index (χ1) is 15.2. The van der Waals surface area contributed by atoms with Crippen molar-refractivity contribution in [3.05, 3.63) is 35.7 Å². The molecule has 0 radical (unpaired) electrons. The number of piperidine rings is 3. The highest BCUT2D eigenvalue weighted by molar-refractivity contribution is 5.79. The Morgan fingerprint density at radius 2 is 2.19 bits per heavy atom. The summed E-state index contributed by atoms with van der Waals surface area (Å²) in [5.74, 6) is 2.19. The number of fused-ring (bicyclic) bond motifs is 4. The number of aryl methyl sites for hydroxylation is 1. The summed E-state index contributed by atoms with van der Waals surface area (Å²) in [6.45, 7) is 5.74. The van der Waals surface area contributed by atoms with Gasteiger partial charge in [0, 0.05) is 25.3 Å². The number of amides is 1. The molecule has 1 N–H and O–H groups in total. The quantitative estimate of drug-likeness (QED) is 0.699. The average molecular weight is 426 g/mol. The average Bonchev–Trinajstić information content (AvgIpc) is 3.45. The fraction of sp³-hybridized carbons (Fsp3) is 0.609. The molecule has 8 heteroatoms. The van der Waals surface area contributed by atoms with E-state index in [4.69, 9.17) is 9.47 Å². The fourth-order valence-electron chi connectivity index (χ4n) is 5.11. The number of benzene rings is 1. The molecule has 0 spiro atoms. The monoisotopic (exact) mass is 425 g/mol. The second-order valence-electron chi connectivity index (χ2n) is 8.98. The Balaban J connectivity index is 1.14. The summed E-state index contributed by atoms with van der Waals surface area (Å²) in [7, 11) is 0.